The number of nitrogens with two attached hydrogens (primary N) is 1. The predicted molar refractivity (Wildman–Crippen MR) is 79.4 cm³/mol. The quantitative estimate of drug-likeness (QED) is 0.900. The van der Waals surface area contributed by atoms with E-state index in [9.17, 15) is 0 Å². The highest BCUT2D eigenvalue weighted by Crippen LogP contribution is 2.31. The molecule has 1 heterocycles. The highest BCUT2D eigenvalue weighted by atomic mass is 16.5. The third-order valence-electron chi connectivity index (χ3n) is 3.35. The maximum Gasteiger partial charge on any atom is 0.161 e. The Kier molecular flexibility index (Phi) is 4.89. The van der Waals surface area contributed by atoms with Crippen LogP contribution in [0.4, 0.5) is 0 Å². The van der Waals surface area contributed by atoms with Gasteiger partial charge in [-0.25, -0.2) is 0 Å². The fraction of sp³-hybridized carbons (Fsp3) is 0.625. The summed E-state index contributed by atoms with van der Waals surface area (Å²) in [6, 6.07) is 6.06. The molecule has 0 unspecified atom stereocenters. The molecular formula is C16H25NO3. The van der Waals surface area contributed by atoms with Crippen molar-refractivity contribution in [1.82, 2.24) is 0 Å². The molecule has 1 aliphatic rings. The van der Waals surface area contributed by atoms with Gasteiger partial charge in [0.15, 0.2) is 11.5 Å². The molecule has 0 spiro atoms. The van der Waals surface area contributed by atoms with Gasteiger partial charge in [-0.05, 0) is 38.0 Å². The summed E-state index contributed by atoms with van der Waals surface area (Å²) in [7, 11) is 1.67. The smallest absolute Gasteiger partial charge is 0.161 e. The molecule has 1 aliphatic heterocycles. The van der Waals surface area contributed by atoms with Gasteiger partial charge in [0, 0.05) is 18.4 Å². The van der Waals surface area contributed by atoms with Crippen LogP contribution in [0.3, 0.4) is 0 Å². The van der Waals surface area contributed by atoms with Crippen molar-refractivity contribution in [2.45, 2.75) is 44.8 Å². The average molecular weight is 279 g/mol. The first-order chi connectivity index (χ1) is 9.48. The minimum absolute atomic E-state index is 0.217. The standard InChI is InChI=1S/C16H25NO3/c1-16(2,17)11-12-4-5-14(15(10-12)18-3)20-13-6-8-19-9-7-13/h4-5,10,13H,6-9,11,17H2,1-3H3. The van der Waals surface area contributed by atoms with E-state index in [-0.39, 0.29) is 11.6 Å². The van der Waals surface area contributed by atoms with Crippen molar-refractivity contribution < 1.29 is 14.2 Å². The second-order valence-corrected chi connectivity index (χ2v) is 6.08. The van der Waals surface area contributed by atoms with Crippen LogP contribution in [0.2, 0.25) is 0 Å². The molecule has 1 fully saturated rings. The zero-order chi connectivity index (χ0) is 14.6. The SMILES string of the molecule is COc1cc(CC(C)(C)N)ccc1OC1CCOCC1. The first kappa shape index (κ1) is 15.1. The fourth-order valence-corrected chi connectivity index (χ4v) is 2.42. The molecule has 4 heteroatoms. The Balaban J connectivity index is 2.08. The second-order valence-electron chi connectivity index (χ2n) is 6.08. The normalized spacial score (nSPS) is 17.0. The lowest BCUT2D eigenvalue weighted by atomic mass is 9.96. The molecule has 0 aromatic heterocycles. The molecule has 0 aliphatic carbocycles. The summed E-state index contributed by atoms with van der Waals surface area (Å²) in [6.45, 7) is 5.58. The molecule has 20 heavy (non-hydrogen) atoms. The zero-order valence-corrected chi connectivity index (χ0v) is 12.6. The number of hydrogen-bond donors (Lipinski definition) is 1. The summed E-state index contributed by atoms with van der Waals surface area (Å²) >= 11 is 0. The third-order valence-corrected chi connectivity index (χ3v) is 3.35. The van der Waals surface area contributed by atoms with Crippen molar-refractivity contribution in [2.75, 3.05) is 20.3 Å². The molecule has 1 saturated heterocycles. The van der Waals surface area contributed by atoms with E-state index < -0.39 is 0 Å². The van der Waals surface area contributed by atoms with Gasteiger partial charge >= 0.3 is 0 Å². The first-order valence-electron chi connectivity index (χ1n) is 7.18. The number of rotatable bonds is 5. The lowest BCUT2D eigenvalue weighted by Crippen LogP contribution is -2.34. The van der Waals surface area contributed by atoms with Crippen LogP contribution in [0.5, 0.6) is 11.5 Å². The van der Waals surface area contributed by atoms with E-state index >= 15 is 0 Å². The molecule has 0 bridgehead atoms. The van der Waals surface area contributed by atoms with E-state index in [4.69, 9.17) is 19.9 Å². The first-order valence-corrected chi connectivity index (χ1v) is 7.18. The fourth-order valence-electron chi connectivity index (χ4n) is 2.42. The lowest BCUT2D eigenvalue weighted by Gasteiger charge is -2.25. The molecule has 2 N–H and O–H groups in total. The van der Waals surface area contributed by atoms with Crippen LogP contribution in [0.25, 0.3) is 0 Å². The summed E-state index contributed by atoms with van der Waals surface area (Å²) in [6.07, 6.45) is 2.89. The van der Waals surface area contributed by atoms with Gasteiger partial charge in [-0.15, -0.1) is 0 Å². The summed E-state index contributed by atoms with van der Waals surface area (Å²) < 4.78 is 16.8. The Labute approximate surface area is 121 Å². The minimum atomic E-state index is -0.228. The van der Waals surface area contributed by atoms with Crippen LogP contribution in [-0.2, 0) is 11.2 Å². The van der Waals surface area contributed by atoms with E-state index in [1.165, 1.54) is 0 Å². The van der Waals surface area contributed by atoms with Gasteiger partial charge in [0.1, 0.15) is 6.10 Å². The van der Waals surface area contributed by atoms with E-state index in [2.05, 4.69) is 6.07 Å². The number of methoxy groups -OCH3 is 1. The van der Waals surface area contributed by atoms with Crippen LogP contribution < -0.4 is 15.2 Å². The van der Waals surface area contributed by atoms with E-state index in [0.717, 1.165) is 49.5 Å². The molecule has 0 amide bonds. The zero-order valence-electron chi connectivity index (χ0n) is 12.6. The van der Waals surface area contributed by atoms with Gasteiger partial charge in [0.05, 0.1) is 20.3 Å². The molecule has 0 radical (unpaired) electrons. The molecule has 0 saturated carbocycles. The molecule has 4 nitrogen and oxygen atoms in total. The molecule has 0 atom stereocenters. The largest absolute Gasteiger partial charge is 0.493 e. The Morgan fingerprint density at radius 2 is 1.95 bits per heavy atom. The summed E-state index contributed by atoms with van der Waals surface area (Å²) in [5.41, 5.74) is 6.99. The molecule has 1 aromatic rings. The van der Waals surface area contributed by atoms with Crippen molar-refractivity contribution in [3.63, 3.8) is 0 Å². The third kappa shape index (κ3) is 4.39. The number of hydrogen-bond acceptors (Lipinski definition) is 4. The van der Waals surface area contributed by atoms with Crippen LogP contribution in [0.15, 0.2) is 18.2 Å². The van der Waals surface area contributed by atoms with Crippen LogP contribution >= 0.6 is 0 Å². The van der Waals surface area contributed by atoms with Crippen molar-refractivity contribution in [3.05, 3.63) is 23.8 Å². The monoisotopic (exact) mass is 279 g/mol. The van der Waals surface area contributed by atoms with Crippen molar-refractivity contribution in [2.24, 2.45) is 5.73 Å². The van der Waals surface area contributed by atoms with Gasteiger partial charge in [-0.3, -0.25) is 0 Å². The maximum absolute atomic E-state index is 6.06. The van der Waals surface area contributed by atoms with E-state index in [0.29, 0.717) is 0 Å². The predicted octanol–water partition coefficient (Wildman–Crippen LogP) is 2.53. The Bertz CT molecular complexity index is 434. The summed E-state index contributed by atoms with van der Waals surface area (Å²) in [4.78, 5) is 0. The van der Waals surface area contributed by atoms with Gasteiger partial charge in [-0.2, -0.15) is 0 Å². The Morgan fingerprint density at radius 1 is 1.25 bits per heavy atom. The Hall–Kier alpha value is -1.26. The molecule has 2 rings (SSSR count). The summed E-state index contributed by atoms with van der Waals surface area (Å²) in [5, 5.41) is 0. The second kappa shape index (κ2) is 6.46. The number of benzene rings is 1. The van der Waals surface area contributed by atoms with E-state index in [1.54, 1.807) is 7.11 Å². The lowest BCUT2D eigenvalue weighted by molar-refractivity contribution is 0.0245. The van der Waals surface area contributed by atoms with Crippen molar-refractivity contribution in [3.8, 4) is 11.5 Å². The molecule has 1 aromatic carbocycles. The highest BCUT2D eigenvalue weighted by Gasteiger charge is 2.18. The number of ether oxygens (including phenoxy) is 3. The van der Waals surface area contributed by atoms with Crippen LogP contribution in [0.1, 0.15) is 32.3 Å². The van der Waals surface area contributed by atoms with Gasteiger partial charge in [0.25, 0.3) is 0 Å². The topological polar surface area (TPSA) is 53.7 Å². The summed E-state index contributed by atoms with van der Waals surface area (Å²) in [5.74, 6) is 1.58. The van der Waals surface area contributed by atoms with Crippen LogP contribution in [-0.4, -0.2) is 32.0 Å². The Morgan fingerprint density at radius 3 is 2.55 bits per heavy atom. The maximum atomic E-state index is 6.06. The highest BCUT2D eigenvalue weighted by molar-refractivity contribution is 5.43. The minimum Gasteiger partial charge on any atom is -0.493 e. The molecule has 112 valence electrons. The van der Waals surface area contributed by atoms with Crippen molar-refractivity contribution in [1.29, 1.82) is 0 Å². The van der Waals surface area contributed by atoms with Gasteiger partial charge in [0.2, 0.25) is 0 Å². The average Bonchev–Trinajstić information content (AvgIpc) is 2.40. The van der Waals surface area contributed by atoms with Crippen molar-refractivity contribution >= 4 is 0 Å². The van der Waals surface area contributed by atoms with Crippen LogP contribution in [0, 0.1) is 0 Å². The van der Waals surface area contributed by atoms with E-state index in [1.807, 2.05) is 26.0 Å². The molecular weight excluding hydrogens is 254 g/mol. The van der Waals surface area contributed by atoms with Gasteiger partial charge < -0.3 is 19.9 Å². The van der Waals surface area contributed by atoms with Gasteiger partial charge in [-0.1, -0.05) is 6.07 Å².